The number of anilines is 1. The lowest BCUT2D eigenvalue weighted by Gasteiger charge is -2.09. The number of fused-ring (bicyclic) bond motifs is 1. The molecule has 7 nitrogen and oxygen atoms in total. The number of carbonyl (C=O) groups is 1. The molecule has 1 amide bonds. The third kappa shape index (κ3) is 4.18. The van der Waals surface area contributed by atoms with Gasteiger partial charge in [-0.2, -0.15) is 4.73 Å². The van der Waals surface area contributed by atoms with E-state index in [0.29, 0.717) is 33.7 Å². The van der Waals surface area contributed by atoms with Crippen LogP contribution in [0, 0.1) is 17.6 Å². The highest BCUT2D eigenvalue weighted by Gasteiger charge is 2.14. The minimum Gasteiger partial charge on any atom is -0.426 e. The summed E-state index contributed by atoms with van der Waals surface area (Å²) in [6, 6.07) is 15.6. The van der Waals surface area contributed by atoms with Crippen molar-refractivity contribution >= 4 is 34.4 Å². The minimum absolute atomic E-state index is 0.192. The maximum absolute atomic E-state index is 13.0. The van der Waals surface area contributed by atoms with Crippen LogP contribution in [0.25, 0.3) is 28.5 Å². The van der Waals surface area contributed by atoms with Crippen LogP contribution in [-0.2, 0) is 4.79 Å². The number of benzene rings is 3. The predicted octanol–water partition coefficient (Wildman–Crippen LogP) is 5.44. The Morgan fingerprint density at radius 3 is 2.61 bits per heavy atom. The Balaban J connectivity index is 1.55. The van der Waals surface area contributed by atoms with Crippen molar-refractivity contribution in [3.05, 3.63) is 88.6 Å². The largest absolute Gasteiger partial charge is 0.426 e. The van der Waals surface area contributed by atoms with E-state index in [0.717, 1.165) is 10.3 Å². The predicted molar refractivity (Wildman–Crippen MR) is 117 cm³/mol. The number of aromatic nitrogens is 2. The standard InChI is InChI=1S/C23H17FN4O3/c1-14-12-16(23-26-20-10-8-18(27-30)13-21(20)28(23)31)5-9-19(14)25-22(29)11-4-15-2-6-17(24)7-3-15/h2-13,31H,1H3,(H,25,29)/b11-4+. The van der Waals surface area contributed by atoms with Gasteiger partial charge in [0.15, 0.2) is 5.82 Å². The Kier molecular flexibility index (Phi) is 5.28. The van der Waals surface area contributed by atoms with Gasteiger partial charge in [-0.1, -0.05) is 12.1 Å². The Morgan fingerprint density at radius 2 is 1.90 bits per heavy atom. The van der Waals surface area contributed by atoms with Gasteiger partial charge in [-0.3, -0.25) is 4.79 Å². The number of carbonyl (C=O) groups excluding carboxylic acids is 1. The van der Waals surface area contributed by atoms with Crippen LogP contribution in [0.1, 0.15) is 11.1 Å². The Bertz CT molecular complexity index is 1330. The van der Waals surface area contributed by atoms with Crippen LogP contribution < -0.4 is 5.32 Å². The number of aryl methyl sites for hydroxylation is 1. The average Bonchev–Trinajstić information content (AvgIpc) is 3.10. The van der Waals surface area contributed by atoms with Gasteiger partial charge in [0.1, 0.15) is 17.0 Å². The van der Waals surface area contributed by atoms with Crippen LogP contribution in [0.15, 0.2) is 71.9 Å². The monoisotopic (exact) mass is 416 g/mol. The molecule has 4 aromatic rings. The molecule has 2 N–H and O–H groups in total. The summed E-state index contributed by atoms with van der Waals surface area (Å²) in [5, 5.41) is 16.1. The molecule has 1 heterocycles. The molecule has 3 aromatic carbocycles. The summed E-state index contributed by atoms with van der Waals surface area (Å²) in [6.07, 6.45) is 2.96. The van der Waals surface area contributed by atoms with Gasteiger partial charge in [0.2, 0.25) is 5.91 Å². The molecule has 0 aliphatic heterocycles. The molecule has 31 heavy (non-hydrogen) atoms. The Hall–Kier alpha value is -4.33. The van der Waals surface area contributed by atoms with Crippen molar-refractivity contribution in [2.75, 3.05) is 5.32 Å². The van der Waals surface area contributed by atoms with Gasteiger partial charge >= 0.3 is 0 Å². The van der Waals surface area contributed by atoms with E-state index in [2.05, 4.69) is 15.5 Å². The highest BCUT2D eigenvalue weighted by Crippen LogP contribution is 2.28. The fourth-order valence-corrected chi connectivity index (χ4v) is 3.16. The lowest BCUT2D eigenvalue weighted by atomic mass is 10.1. The number of amides is 1. The number of hydrogen-bond donors (Lipinski definition) is 2. The first-order valence-electron chi connectivity index (χ1n) is 9.35. The maximum atomic E-state index is 13.0. The molecule has 0 aliphatic carbocycles. The first kappa shape index (κ1) is 20.0. The lowest BCUT2D eigenvalue weighted by Crippen LogP contribution is -2.09. The van der Waals surface area contributed by atoms with Crippen molar-refractivity contribution in [2.45, 2.75) is 6.92 Å². The number of nitroso groups, excluding NO2 is 1. The van der Waals surface area contributed by atoms with Crippen LogP contribution in [-0.4, -0.2) is 20.8 Å². The number of halogens is 1. The van der Waals surface area contributed by atoms with Crippen LogP contribution in [0.2, 0.25) is 0 Å². The van der Waals surface area contributed by atoms with Gasteiger partial charge in [0.05, 0.1) is 5.52 Å². The first-order valence-corrected chi connectivity index (χ1v) is 9.35. The van der Waals surface area contributed by atoms with Crippen LogP contribution in [0.3, 0.4) is 0 Å². The molecule has 0 fully saturated rings. The third-order valence-corrected chi connectivity index (χ3v) is 4.76. The Labute approximate surface area is 176 Å². The molecule has 0 bridgehead atoms. The zero-order valence-electron chi connectivity index (χ0n) is 16.4. The summed E-state index contributed by atoms with van der Waals surface area (Å²) in [5.74, 6) is -0.367. The molecule has 154 valence electrons. The van der Waals surface area contributed by atoms with Crippen molar-refractivity contribution < 1.29 is 14.4 Å². The van der Waals surface area contributed by atoms with E-state index in [9.17, 15) is 19.3 Å². The van der Waals surface area contributed by atoms with Crippen LogP contribution in [0.5, 0.6) is 0 Å². The molecule has 0 atom stereocenters. The molecule has 4 rings (SSSR count). The van der Waals surface area contributed by atoms with Gasteiger partial charge in [-0.05, 0) is 77.8 Å². The Morgan fingerprint density at radius 1 is 1.13 bits per heavy atom. The van der Waals surface area contributed by atoms with Crippen molar-refractivity contribution in [3.63, 3.8) is 0 Å². The van der Waals surface area contributed by atoms with Gasteiger partial charge in [-0.15, -0.1) is 4.91 Å². The minimum atomic E-state index is -0.338. The van der Waals surface area contributed by atoms with Gasteiger partial charge < -0.3 is 10.5 Å². The summed E-state index contributed by atoms with van der Waals surface area (Å²) >= 11 is 0. The third-order valence-electron chi connectivity index (χ3n) is 4.76. The van der Waals surface area contributed by atoms with E-state index in [1.807, 2.05) is 6.92 Å². The zero-order chi connectivity index (χ0) is 22.0. The summed E-state index contributed by atoms with van der Waals surface area (Å²) in [5.41, 5.74) is 3.79. The molecular weight excluding hydrogens is 399 g/mol. The molecule has 8 heteroatoms. The summed E-state index contributed by atoms with van der Waals surface area (Å²) < 4.78 is 13.9. The fraction of sp³-hybridized carbons (Fsp3) is 0.0435. The number of imidazole rings is 1. The van der Waals surface area contributed by atoms with Gasteiger partial charge in [0.25, 0.3) is 0 Å². The summed E-state index contributed by atoms with van der Waals surface area (Å²) in [7, 11) is 0. The highest BCUT2D eigenvalue weighted by molar-refractivity contribution is 6.02. The number of nitrogens with one attached hydrogen (secondary N) is 1. The zero-order valence-corrected chi connectivity index (χ0v) is 16.4. The topological polar surface area (TPSA) is 96.6 Å². The second-order valence-electron chi connectivity index (χ2n) is 6.92. The second-order valence-corrected chi connectivity index (χ2v) is 6.92. The summed E-state index contributed by atoms with van der Waals surface area (Å²) in [4.78, 5) is 27.4. The van der Waals surface area contributed by atoms with Crippen LogP contribution >= 0.6 is 0 Å². The fourth-order valence-electron chi connectivity index (χ4n) is 3.16. The van der Waals surface area contributed by atoms with Crippen LogP contribution in [0.4, 0.5) is 15.8 Å². The maximum Gasteiger partial charge on any atom is 0.248 e. The molecule has 0 radical (unpaired) electrons. The lowest BCUT2D eigenvalue weighted by molar-refractivity contribution is -0.111. The molecule has 0 aliphatic rings. The average molecular weight is 416 g/mol. The number of hydrogen-bond acceptors (Lipinski definition) is 5. The second kappa shape index (κ2) is 8.19. The normalized spacial score (nSPS) is 11.2. The molecule has 0 spiro atoms. The van der Waals surface area contributed by atoms with Crippen molar-refractivity contribution in [2.24, 2.45) is 5.18 Å². The smallest absolute Gasteiger partial charge is 0.248 e. The molecule has 0 saturated carbocycles. The van der Waals surface area contributed by atoms with Gasteiger partial charge in [-0.25, -0.2) is 9.37 Å². The van der Waals surface area contributed by atoms with E-state index >= 15 is 0 Å². The highest BCUT2D eigenvalue weighted by atomic mass is 19.1. The first-order chi connectivity index (χ1) is 14.9. The molecular formula is C23H17FN4O3. The van der Waals surface area contributed by atoms with E-state index in [1.165, 1.54) is 30.3 Å². The quantitative estimate of drug-likeness (QED) is 0.257. The van der Waals surface area contributed by atoms with E-state index in [1.54, 1.807) is 42.5 Å². The number of rotatable bonds is 5. The van der Waals surface area contributed by atoms with E-state index in [-0.39, 0.29) is 17.4 Å². The molecule has 1 aromatic heterocycles. The van der Waals surface area contributed by atoms with Crippen molar-refractivity contribution in [1.82, 2.24) is 9.71 Å². The van der Waals surface area contributed by atoms with E-state index < -0.39 is 0 Å². The SMILES string of the molecule is Cc1cc(-c2nc3ccc(N=O)cc3n2O)ccc1NC(=O)/C=C/c1ccc(F)cc1. The van der Waals surface area contributed by atoms with Gasteiger partial charge in [0, 0.05) is 17.3 Å². The molecule has 0 unspecified atom stereocenters. The molecule has 0 saturated heterocycles. The van der Waals surface area contributed by atoms with Crippen molar-refractivity contribution in [1.29, 1.82) is 0 Å². The summed E-state index contributed by atoms with van der Waals surface area (Å²) in [6.45, 7) is 1.82. The van der Waals surface area contributed by atoms with Crippen molar-refractivity contribution in [3.8, 4) is 11.4 Å². The van der Waals surface area contributed by atoms with E-state index in [4.69, 9.17) is 0 Å². The number of nitrogens with zero attached hydrogens (tertiary/aromatic N) is 3.